The van der Waals surface area contributed by atoms with Crippen molar-refractivity contribution in [3.63, 3.8) is 0 Å². The lowest BCUT2D eigenvalue weighted by atomic mass is 10.1. The zero-order chi connectivity index (χ0) is 19.1. The molecule has 3 rings (SSSR count). The third-order valence-electron chi connectivity index (χ3n) is 4.87. The van der Waals surface area contributed by atoms with Crippen molar-refractivity contribution in [2.45, 2.75) is 52.5 Å². The minimum Gasteiger partial charge on any atom is -0.363 e. The summed E-state index contributed by atoms with van der Waals surface area (Å²) in [5, 5.41) is 11.8. The molecule has 0 bridgehead atoms. The van der Waals surface area contributed by atoms with Crippen LogP contribution < -0.4 is 15.5 Å². The molecule has 3 heterocycles. The Morgan fingerprint density at radius 3 is 2.71 bits per heavy atom. The number of aryl methyl sites for hydroxylation is 2. The fraction of sp³-hybridized carbons (Fsp3) is 0.600. The van der Waals surface area contributed by atoms with Gasteiger partial charge in [0.15, 0.2) is 5.96 Å². The molecule has 0 spiro atoms. The van der Waals surface area contributed by atoms with E-state index in [9.17, 15) is 0 Å². The van der Waals surface area contributed by atoms with Crippen molar-refractivity contribution in [2.75, 3.05) is 31.1 Å². The van der Waals surface area contributed by atoms with Crippen LogP contribution in [0.4, 0.5) is 5.00 Å². The first-order chi connectivity index (χ1) is 13.2. The Bertz CT molecular complexity index is 721. The minimum absolute atomic E-state index is 0. The van der Waals surface area contributed by atoms with Gasteiger partial charge < -0.3 is 15.5 Å². The average Bonchev–Trinajstić information content (AvgIpc) is 3.32. The Labute approximate surface area is 194 Å². The van der Waals surface area contributed by atoms with E-state index in [0.717, 1.165) is 57.8 Å². The molecule has 2 N–H and O–H groups in total. The number of hydrogen-bond acceptors (Lipinski definition) is 5. The van der Waals surface area contributed by atoms with Crippen LogP contribution in [0, 0.1) is 6.92 Å². The van der Waals surface area contributed by atoms with Gasteiger partial charge in [0.05, 0.1) is 15.7 Å². The van der Waals surface area contributed by atoms with Gasteiger partial charge in [-0.3, -0.25) is 4.99 Å². The highest BCUT2D eigenvalue weighted by Crippen LogP contribution is 2.24. The van der Waals surface area contributed by atoms with Crippen molar-refractivity contribution < 1.29 is 0 Å². The van der Waals surface area contributed by atoms with Crippen molar-refractivity contribution in [3.05, 3.63) is 33.1 Å². The highest BCUT2D eigenvalue weighted by atomic mass is 127. The molecule has 0 aliphatic carbocycles. The van der Waals surface area contributed by atoms with Gasteiger partial charge in [0.1, 0.15) is 0 Å². The van der Waals surface area contributed by atoms with Gasteiger partial charge >= 0.3 is 0 Å². The lowest BCUT2D eigenvalue weighted by Crippen LogP contribution is -2.48. The van der Waals surface area contributed by atoms with Crippen molar-refractivity contribution >= 4 is 57.6 Å². The summed E-state index contributed by atoms with van der Waals surface area (Å²) in [5.41, 5.74) is 1.24. The summed E-state index contributed by atoms with van der Waals surface area (Å²) in [7, 11) is 0. The van der Waals surface area contributed by atoms with Crippen LogP contribution in [0.2, 0.25) is 0 Å². The molecule has 28 heavy (non-hydrogen) atoms. The van der Waals surface area contributed by atoms with Gasteiger partial charge in [0, 0.05) is 43.5 Å². The minimum atomic E-state index is 0. The van der Waals surface area contributed by atoms with Crippen LogP contribution in [-0.4, -0.2) is 43.2 Å². The van der Waals surface area contributed by atoms with E-state index in [0.29, 0.717) is 6.04 Å². The Morgan fingerprint density at radius 1 is 1.32 bits per heavy atom. The maximum atomic E-state index is 4.79. The van der Waals surface area contributed by atoms with E-state index in [1.54, 1.807) is 0 Å². The third kappa shape index (κ3) is 6.59. The topological polar surface area (TPSA) is 52.6 Å². The quantitative estimate of drug-likeness (QED) is 0.314. The summed E-state index contributed by atoms with van der Waals surface area (Å²) in [5.74, 6) is 0.941. The van der Waals surface area contributed by atoms with Gasteiger partial charge in [-0.05, 0) is 50.6 Å². The van der Waals surface area contributed by atoms with Crippen LogP contribution in [0.3, 0.4) is 0 Å². The largest absolute Gasteiger partial charge is 0.363 e. The molecule has 0 radical (unpaired) electrons. The molecule has 8 heteroatoms. The average molecular weight is 534 g/mol. The number of thiazole rings is 1. The predicted octanol–water partition coefficient (Wildman–Crippen LogP) is 4.46. The molecule has 0 aromatic carbocycles. The summed E-state index contributed by atoms with van der Waals surface area (Å²) < 4.78 is 0. The first-order valence-electron chi connectivity index (χ1n) is 9.98. The Hall–Kier alpha value is -0.870. The van der Waals surface area contributed by atoms with E-state index in [2.05, 4.69) is 53.8 Å². The highest BCUT2D eigenvalue weighted by Gasteiger charge is 2.20. The molecule has 5 nitrogen and oxygen atoms in total. The Balaban J connectivity index is 0.00000280. The van der Waals surface area contributed by atoms with Crippen molar-refractivity contribution in [3.8, 4) is 0 Å². The van der Waals surface area contributed by atoms with E-state index in [1.165, 1.54) is 20.6 Å². The van der Waals surface area contributed by atoms with Crippen LogP contribution in [0.25, 0.3) is 0 Å². The number of piperidine rings is 1. The Kier molecular flexibility index (Phi) is 10.0. The summed E-state index contributed by atoms with van der Waals surface area (Å²) in [6.07, 6.45) is 4.22. The second-order valence-corrected chi connectivity index (χ2v) is 9.05. The van der Waals surface area contributed by atoms with Gasteiger partial charge in [-0.15, -0.1) is 46.7 Å². The number of halogens is 1. The first-order valence-corrected chi connectivity index (χ1v) is 11.7. The smallest absolute Gasteiger partial charge is 0.191 e. The fourth-order valence-corrected chi connectivity index (χ4v) is 5.19. The summed E-state index contributed by atoms with van der Waals surface area (Å²) in [6.45, 7) is 10.3. The zero-order valence-corrected chi connectivity index (χ0v) is 21.0. The number of guanidine groups is 1. The van der Waals surface area contributed by atoms with Gasteiger partial charge in [-0.2, -0.15) is 0 Å². The van der Waals surface area contributed by atoms with Crippen molar-refractivity contribution in [1.82, 2.24) is 15.6 Å². The number of aliphatic imine (C=N–C) groups is 1. The number of anilines is 1. The predicted molar refractivity (Wildman–Crippen MR) is 134 cm³/mol. The summed E-state index contributed by atoms with van der Waals surface area (Å²) in [4.78, 5) is 13.3. The van der Waals surface area contributed by atoms with Crippen LogP contribution in [0.5, 0.6) is 0 Å². The number of hydrogen-bond donors (Lipinski definition) is 2. The lowest BCUT2D eigenvalue weighted by Gasteiger charge is -2.33. The van der Waals surface area contributed by atoms with E-state index in [1.807, 2.05) is 22.7 Å². The second kappa shape index (κ2) is 12.0. The van der Waals surface area contributed by atoms with Crippen LogP contribution >= 0.6 is 46.7 Å². The molecule has 0 saturated carbocycles. The van der Waals surface area contributed by atoms with E-state index >= 15 is 0 Å². The van der Waals surface area contributed by atoms with Crippen molar-refractivity contribution in [1.29, 1.82) is 0 Å². The summed E-state index contributed by atoms with van der Waals surface area (Å²) in [6, 6.07) is 4.84. The molecule has 0 atom stereocenters. The standard InChI is InChI=1S/C20H31N5S2.HI/c1-4-17-15(3)27-18(24-17)8-11-22-20(21-5-2)23-16-9-12-25(13-10-16)19-7-6-14-26-19;/h6-7,14,16H,4-5,8-13H2,1-3H3,(H2,21,22,23);1H. The third-order valence-corrected chi connectivity index (χ3v) is 6.87. The Morgan fingerprint density at radius 2 is 2.11 bits per heavy atom. The SMILES string of the molecule is CCNC(=NCCc1nc(CC)c(C)s1)NC1CCN(c2cccs2)CC1.I. The van der Waals surface area contributed by atoms with Crippen LogP contribution in [-0.2, 0) is 12.8 Å². The van der Waals surface area contributed by atoms with Crippen LogP contribution in [0.15, 0.2) is 22.5 Å². The number of rotatable bonds is 7. The maximum Gasteiger partial charge on any atom is 0.191 e. The zero-order valence-electron chi connectivity index (χ0n) is 17.0. The lowest BCUT2D eigenvalue weighted by molar-refractivity contribution is 0.463. The molecule has 1 fully saturated rings. The molecular weight excluding hydrogens is 501 g/mol. The molecule has 2 aromatic rings. The summed E-state index contributed by atoms with van der Waals surface area (Å²) >= 11 is 3.64. The molecular formula is C20H32IN5S2. The van der Waals surface area contributed by atoms with E-state index in [-0.39, 0.29) is 24.0 Å². The highest BCUT2D eigenvalue weighted by molar-refractivity contribution is 14.0. The number of thiophene rings is 1. The van der Waals surface area contributed by atoms with E-state index in [4.69, 9.17) is 9.98 Å². The van der Waals surface area contributed by atoms with Crippen molar-refractivity contribution in [2.24, 2.45) is 4.99 Å². The van der Waals surface area contributed by atoms with Gasteiger partial charge in [-0.25, -0.2) is 4.98 Å². The molecule has 156 valence electrons. The molecule has 0 unspecified atom stereocenters. The normalized spacial score (nSPS) is 15.4. The molecule has 0 amide bonds. The van der Waals surface area contributed by atoms with Gasteiger partial charge in [0.2, 0.25) is 0 Å². The van der Waals surface area contributed by atoms with Gasteiger partial charge in [-0.1, -0.05) is 6.92 Å². The number of nitrogens with zero attached hydrogens (tertiary/aromatic N) is 3. The number of nitrogens with one attached hydrogen (secondary N) is 2. The first kappa shape index (κ1) is 23.4. The van der Waals surface area contributed by atoms with Crippen LogP contribution in [0.1, 0.15) is 42.3 Å². The van der Waals surface area contributed by atoms with E-state index < -0.39 is 0 Å². The molecule has 1 aliphatic rings. The van der Waals surface area contributed by atoms with Gasteiger partial charge in [0.25, 0.3) is 0 Å². The molecule has 2 aromatic heterocycles. The second-order valence-electron chi connectivity index (χ2n) is 6.83. The maximum absolute atomic E-state index is 4.79. The number of aromatic nitrogens is 1. The molecule has 1 saturated heterocycles. The molecule has 1 aliphatic heterocycles. The fourth-order valence-electron chi connectivity index (χ4n) is 3.39. The monoisotopic (exact) mass is 533 g/mol.